The lowest BCUT2D eigenvalue weighted by Crippen LogP contribution is -2.40. The first kappa shape index (κ1) is 21.2. The number of rotatable bonds is 10. The van der Waals surface area contributed by atoms with Crippen molar-refractivity contribution in [3.8, 4) is 0 Å². The van der Waals surface area contributed by atoms with Crippen LogP contribution in [0.5, 0.6) is 0 Å². The van der Waals surface area contributed by atoms with E-state index in [1.807, 2.05) is 12.1 Å². The Balaban J connectivity index is 0.00000288. The molecular formula is C16H28IN3O4. The summed E-state index contributed by atoms with van der Waals surface area (Å²) in [6.07, 6.45) is 3.56. The van der Waals surface area contributed by atoms with Gasteiger partial charge in [-0.05, 0) is 18.6 Å². The second-order valence-electron chi connectivity index (χ2n) is 5.44. The van der Waals surface area contributed by atoms with Crippen molar-refractivity contribution in [2.24, 2.45) is 10.9 Å². The van der Waals surface area contributed by atoms with Gasteiger partial charge < -0.3 is 29.6 Å². The summed E-state index contributed by atoms with van der Waals surface area (Å²) in [5.41, 5.74) is 0. The van der Waals surface area contributed by atoms with Crippen molar-refractivity contribution in [2.75, 3.05) is 52.7 Å². The quantitative estimate of drug-likeness (QED) is 0.212. The Labute approximate surface area is 160 Å². The lowest BCUT2D eigenvalue weighted by molar-refractivity contribution is 0.0957. The van der Waals surface area contributed by atoms with Crippen LogP contribution in [0.25, 0.3) is 0 Å². The number of nitrogens with zero attached hydrogens (tertiary/aromatic N) is 1. The summed E-state index contributed by atoms with van der Waals surface area (Å²) >= 11 is 0. The van der Waals surface area contributed by atoms with Crippen LogP contribution in [0.15, 0.2) is 27.8 Å². The van der Waals surface area contributed by atoms with Crippen LogP contribution < -0.4 is 10.6 Å². The zero-order valence-electron chi connectivity index (χ0n) is 13.9. The fourth-order valence-electron chi connectivity index (χ4n) is 2.29. The van der Waals surface area contributed by atoms with Gasteiger partial charge in [0, 0.05) is 38.6 Å². The molecule has 8 heteroatoms. The predicted octanol–water partition coefficient (Wildman–Crippen LogP) is 1.02. The van der Waals surface area contributed by atoms with Gasteiger partial charge in [-0.3, -0.25) is 4.99 Å². The summed E-state index contributed by atoms with van der Waals surface area (Å²) in [6, 6.07) is 3.85. The van der Waals surface area contributed by atoms with Crippen LogP contribution in [0.1, 0.15) is 12.2 Å². The van der Waals surface area contributed by atoms with E-state index in [2.05, 4.69) is 15.6 Å². The van der Waals surface area contributed by atoms with E-state index in [1.165, 1.54) is 0 Å². The van der Waals surface area contributed by atoms with Gasteiger partial charge in [-0.15, -0.1) is 24.0 Å². The van der Waals surface area contributed by atoms with Gasteiger partial charge in [0.25, 0.3) is 0 Å². The van der Waals surface area contributed by atoms with E-state index in [0.29, 0.717) is 25.7 Å². The minimum absolute atomic E-state index is 0. The molecule has 0 aromatic carbocycles. The largest absolute Gasteiger partial charge is 0.469 e. The average Bonchev–Trinajstić information content (AvgIpc) is 3.25. The summed E-state index contributed by atoms with van der Waals surface area (Å²) in [4.78, 5) is 4.62. The highest BCUT2D eigenvalue weighted by Crippen LogP contribution is 2.11. The van der Waals surface area contributed by atoms with Crippen molar-refractivity contribution in [2.45, 2.75) is 12.8 Å². The summed E-state index contributed by atoms with van der Waals surface area (Å²) in [6.45, 7) is 4.72. The molecular weight excluding hydrogens is 425 g/mol. The third-order valence-electron chi connectivity index (χ3n) is 3.55. The van der Waals surface area contributed by atoms with Gasteiger partial charge in [0.15, 0.2) is 5.96 Å². The molecule has 1 saturated heterocycles. The third-order valence-corrected chi connectivity index (χ3v) is 3.55. The molecule has 0 amide bonds. The molecule has 1 fully saturated rings. The summed E-state index contributed by atoms with van der Waals surface area (Å²) < 4.78 is 15.9. The van der Waals surface area contributed by atoms with E-state index in [9.17, 15) is 0 Å². The molecule has 138 valence electrons. The van der Waals surface area contributed by atoms with Crippen molar-refractivity contribution in [1.82, 2.24) is 10.6 Å². The van der Waals surface area contributed by atoms with Gasteiger partial charge in [0.2, 0.25) is 0 Å². The number of aliphatic hydroxyl groups excluding tert-OH is 1. The summed E-state index contributed by atoms with van der Waals surface area (Å²) in [5.74, 6) is 2.23. The molecule has 2 rings (SSSR count). The highest BCUT2D eigenvalue weighted by atomic mass is 127. The molecule has 1 atom stereocenters. The number of hydrogen-bond acceptors (Lipinski definition) is 5. The van der Waals surface area contributed by atoms with Crippen molar-refractivity contribution in [3.63, 3.8) is 0 Å². The molecule has 3 N–H and O–H groups in total. The average molecular weight is 453 g/mol. The number of halogens is 1. The molecule has 1 aliphatic rings. The first-order valence-electron chi connectivity index (χ1n) is 8.19. The van der Waals surface area contributed by atoms with E-state index in [-0.39, 0.29) is 30.6 Å². The highest BCUT2D eigenvalue weighted by molar-refractivity contribution is 14.0. The maximum Gasteiger partial charge on any atom is 0.191 e. The fraction of sp³-hybridized carbons (Fsp3) is 0.688. The van der Waals surface area contributed by atoms with Crippen molar-refractivity contribution in [3.05, 3.63) is 24.2 Å². The second-order valence-corrected chi connectivity index (χ2v) is 5.44. The standard InChI is InChI=1S/C16H27N3O4.HI/c20-7-11-21-10-6-18-16(19-12-14-4-9-22-13-14)17-5-3-15-2-1-8-23-15;/h1-2,8,14,20H,3-7,9-13H2,(H2,17,18,19);1H. The Bertz CT molecular complexity index is 437. The SMILES string of the molecule is I.OCCOCCNC(=NCC1CCOC1)NCCc1ccco1. The third kappa shape index (κ3) is 8.86. The van der Waals surface area contributed by atoms with Crippen LogP contribution in [0.4, 0.5) is 0 Å². The Kier molecular flexibility index (Phi) is 11.9. The lowest BCUT2D eigenvalue weighted by Gasteiger charge is -2.13. The van der Waals surface area contributed by atoms with Crippen molar-refractivity contribution < 1.29 is 19.0 Å². The van der Waals surface area contributed by atoms with Crippen LogP contribution in [-0.2, 0) is 15.9 Å². The minimum atomic E-state index is 0. The summed E-state index contributed by atoms with van der Waals surface area (Å²) in [7, 11) is 0. The molecule has 1 aromatic rings. The van der Waals surface area contributed by atoms with E-state index in [0.717, 1.165) is 50.9 Å². The number of aliphatic imine (C=N–C) groups is 1. The van der Waals surface area contributed by atoms with Crippen LogP contribution in [0.2, 0.25) is 0 Å². The molecule has 1 aliphatic heterocycles. The van der Waals surface area contributed by atoms with Gasteiger partial charge >= 0.3 is 0 Å². The molecule has 2 heterocycles. The van der Waals surface area contributed by atoms with Crippen molar-refractivity contribution >= 4 is 29.9 Å². The number of furan rings is 1. The zero-order chi connectivity index (χ0) is 16.2. The van der Waals surface area contributed by atoms with Crippen LogP contribution in [0, 0.1) is 5.92 Å². The smallest absolute Gasteiger partial charge is 0.191 e. The second kappa shape index (κ2) is 13.5. The molecule has 0 saturated carbocycles. The number of nitrogens with one attached hydrogen (secondary N) is 2. The first-order valence-corrected chi connectivity index (χ1v) is 8.19. The Morgan fingerprint density at radius 1 is 1.33 bits per heavy atom. The normalized spacial score (nSPS) is 17.5. The van der Waals surface area contributed by atoms with E-state index < -0.39 is 0 Å². The van der Waals surface area contributed by atoms with Gasteiger partial charge in [0.1, 0.15) is 5.76 Å². The Morgan fingerprint density at radius 3 is 2.92 bits per heavy atom. The topological polar surface area (TPSA) is 88.2 Å². The fourth-order valence-corrected chi connectivity index (χ4v) is 2.29. The van der Waals surface area contributed by atoms with Crippen LogP contribution in [0.3, 0.4) is 0 Å². The molecule has 7 nitrogen and oxygen atoms in total. The van der Waals surface area contributed by atoms with Gasteiger partial charge in [-0.1, -0.05) is 0 Å². The van der Waals surface area contributed by atoms with Gasteiger partial charge in [-0.25, -0.2) is 0 Å². The van der Waals surface area contributed by atoms with Crippen LogP contribution in [-0.4, -0.2) is 63.7 Å². The predicted molar refractivity (Wildman–Crippen MR) is 103 cm³/mol. The van der Waals surface area contributed by atoms with Crippen molar-refractivity contribution in [1.29, 1.82) is 0 Å². The maximum atomic E-state index is 8.68. The maximum absolute atomic E-state index is 8.68. The summed E-state index contributed by atoms with van der Waals surface area (Å²) in [5, 5.41) is 15.2. The number of hydrogen-bond donors (Lipinski definition) is 3. The first-order chi connectivity index (χ1) is 11.4. The van der Waals surface area contributed by atoms with E-state index >= 15 is 0 Å². The van der Waals surface area contributed by atoms with E-state index in [1.54, 1.807) is 6.26 Å². The number of aliphatic hydroxyl groups is 1. The molecule has 1 aromatic heterocycles. The van der Waals surface area contributed by atoms with E-state index in [4.69, 9.17) is 19.0 Å². The number of ether oxygens (including phenoxy) is 2. The molecule has 0 aliphatic carbocycles. The molecule has 0 bridgehead atoms. The van der Waals surface area contributed by atoms with Crippen LogP contribution >= 0.6 is 24.0 Å². The molecule has 1 unspecified atom stereocenters. The molecule has 24 heavy (non-hydrogen) atoms. The zero-order valence-corrected chi connectivity index (χ0v) is 16.2. The molecule has 0 spiro atoms. The lowest BCUT2D eigenvalue weighted by atomic mass is 10.1. The van der Waals surface area contributed by atoms with Gasteiger partial charge in [0.05, 0.1) is 32.7 Å². The highest BCUT2D eigenvalue weighted by Gasteiger charge is 2.15. The number of guanidine groups is 1. The Morgan fingerprint density at radius 2 is 2.21 bits per heavy atom. The van der Waals surface area contributed by atoms with Gasteiger partial charge in [-0.2, -0.15) is 0 Å². The Hall–Kier alpha value is -0.840. The molecule has 0 radical (unpaired) electrons. The monoisotopic (exact) mass is 453 g/mol. The minimum Gasteiger partial charge on any atom is -0.469 e.